The summed E-state index contributed by atoms with van der Waals surface area (Å²) in [7, 11) is 0.0881. The van der Waals surface area contributed by atoms with Gasteiger partial charge in [0.25, 0.3) is 5.56 Å². The van der Waals surface area contributed by atoms with Crippen molar-refractivity contribution in [3.8, 4) is 11.3 Å². The van der Waals surface area contributed by atoms with Gasteiger partial charge >= 0.3 is 0 Å². The highest BCUT2D eigenvalue weighted by Crippen LogP contribution is 2.28. The van der Waals surface area contributed by atoms with Crippen LogP contribution in [0.25, 0.3) is 33.1 Å². The number of para-hydroxylation sites is 1. The molecule has 0 spiro atoms. The number of rotatable bonds is 6. The van der Waals surface area contributed by atoms with Gasteiger partial charge in [0, 0.05) is 29.5 Å². The van der Waals surface area contributed by atoms with Gasteiger partial charge in [-0.2, -0.15) is 0 Å². The lowest BCUT2D eigenvalue weighted by Crippen LogP contribution is -2.31. The Balaban J connectivity index is 1.79. The van der Waals surface area contributed by atoms with E-state index in [1.807, 2.05) is 49.3 Å². The SMILES string of the molecule is CN(C)CCNS(=O)(=O)c1cccc2[nH]c(-c3cc4ccccc4[nH]c3=O)cc12. The Morgan fingerprint density at radius 1 is 0.966 bits per heavy atom. The van der Waals surface area contributed by atoms with Gasteiger partial charge in [0.15, 0.2) is 0 Å². The summed E-state index contributed by atoms with van der Waals surface area (Å²) in [5.74, 6) is 0. The molecule has 0 saturated heterocycles. The van der Waals surface area contributed by atoms with Gasteiger partial charge in [0.05, 0.1) is 16.2 Å². The lowest BCUT2D eigenvalue weighted by Gasteiger charge is -2.11. The minimum atomic E-state index is -3.68. The number of hydrogen-bond acceptors (Lipinski definition) is 4. The van der Waals surface area contributed by atoms with Crippen molar-refractivity contribution in [1.82, 2.24) is 19.6 Å². The topological polar surface area (TPSA) is 98.1 Å². The van der Waals surface area contributed by atoms with Crippen LogP contribution in [0.4, 0.5) is 0 Å². The van der Waals surface area contributed by atoms with E-state index in [4.69, 9.17) is 0 Å². The largest absolute Gasteiger partial charge is 0.354 e. The van der Waals surface area contributed by atoms with Crippen LogP contribution < -0.4 is 10.3 Å². The monoisotopic (exact) mass is 410 g/mol. The van der Waals surface area contributed by atoms with Gasteiger partial charge in [-0.05, 0) is 49.8 Å². The minimum Gasteiger partial charge on any atom is -0.354 e. The molecule has 0 aliphatic carbocycles. The molecule has 7 nitrogen and oxygen atoms in total. The van der Waals surface area contributed by atoms with Gasteiger partial charge < -0.3 is 14.9 Å². The highest BCUT2D eigenvalue weighted by molar-refractivity contribution is 7.89. The summed E-state index contributed by atoms with van der Waals surface area (Å²) < 4.78 is 28.2. The minimum absolute atomic E-state index is 0.188. The Bertz CT molecular complexity index is 1350. The van der Waals surface area contributed by atoms with Crippen LogP contribution in [-0.4, -0.2) is 50.5 Å². The van der Waals surface area contributed by atoms with Crippen molar-refractivity contribution >= 4 is 31.8 Å². The number of H-pyrrole nitrogens is 2. The second-order valence-electron chi connectivity index (χ2n) is 7.20. The van der Waals surface area contributed by atoms with Crippen molar-refractivity contribution in [3.63, 3.8) is 0 Å². The quantitative estimate of drug-likeness (QED) is 0.455. The number of aromatic nitrogens is 2. The molecule has 0 saturated carbocycles. The van der Waals surface area contributed by atoms with Crippen LogP contribution in [0, 0.1) is 0 Å². The van der Waals surface area contributed by atoms with E-state index in [0.29, 0.717) is 35.2 Å². The summed E-state index contributed by atoms with van der Waals surface area (Å²) in [6, 6.07) is 16.1. The maximum atomic E-state index is 12.8. The van der Waals surface area contributed by atoms with Crippen molar-refractivity contribution in [2.75, 3.05) is 27.2 Å². The van der Waals surface area contributed by atoms with Crippen molar-refractivity contribution < 1.29 is 8.42 Å². The van der Waals surface area contributed by atoms with E-state index in [-0.39, 0.29) is 10.5 Å². The van der Waals surface area contributed by atoms with Crippen LogP contribution in [0.15, 0.2) is 64.3 Å². The first-order valence-corrected chi connectivity index (χ1v) is 10.7. The molecule has 150 valence electrons. The van der Waals surface area contributed by atoms with E-state index in [9.17, 15) is 13.2 Å². The zero-order valence-corrected chi connectivity index (χ0v) is 17.0. The van der Waals surface area contributed by atoms with Crippen LogP contribution in [-0.2, 0) is 10.0 Å². The number of fused-ring (bicyclic) bond motifs is 2. The van der Waals surface area contributed by atoms with Crippen LogP contribution in [0.1, 0.15) is 0 Å². The molecule has 4 rings (SSSR count). The number of nitrogens with one attached hydrogen (secondary N) is 3. The summed E-state index contributed by atoms with van der Waals surface area (Å²) >= 11 is 0. The molecule has 0 amide bonds. The third kappa shape index (κ3) is 3.82. The molecular weight excluding hydrogens is 388 g/mol. The first-order valence-electron chi connectivity index (χ1n) is 9.24. The summed E-state index contributed by atoms with van der Waals surface area (Å²) in [4.78, 5) is 20.7. The maximum absolute atomic E-state index is 12.8. The zero-order chi connectivity index (χ0) is 20.6. The van der Waals surface area contributed by atoms with Gasteiger partial charge in [0.2, 0.25) is 10.0 Å². The first kappa shape index (κ1) is 19.4. The first-order chi connectivity index (χ1) is 13.8. The molecule has 0 atom stereocenters. The highest BCUT2D eigenvalue weighted by atomic mass is 32.2. The average Bonchev–Trinajstić information content (AvgIpc) is 3.10. The molecule has 2 aromatic carbocycles. The number of nitrogens with zero attached hydrogens (tertiary/aromatic N) is 1. The normalized spacial score (nSPS) is 12.2. The fraction of sp³-hybridized carbons (Fsp3) is 0.190. The molecule has 29 heavy (non-hydrogen) atoms. The van der Waals surface area contributed by atoms with Crippen molar-refractivity contribution in [1.29, 1.82) is 0 Å². The molecule has 0 bridgehead atoms. The maximum Gasteiger partial charge on any atom is 0.257 e. The van der Waals surface area contributed by atoms with E-state index in [1.54, 1.807) is 24.3 Å². The number of hydrogen-bond donors (Lipinski definition) is 3. The Labute approximate surface area is 168 Å². The lowest BCUT2D eigenvalue weighted by atomic mass is 10.1. The Kier molecular flexibility index (Phi) is 4.99. The highest BCUT2D eigenvalue weighted by Gasteiger charge is 2.19. The van der Waals surface area contributed by atoms with Gasteiger partial charge in [0.1, 0.15) is 0 Å². The smallest absolute Gasteiger partial charge is 0.257 e. The van der Waals surface area contributed by atoms with Gasteiger partial charge in [-0.25, -0.2) is 13.1 Å². The van der Waals surface area contributed by atoms with E-state index < -0.39 is 10.0 Å². The number of sulfonamides is 1. The summed E-state index contributed by atoms with van der Waals surface area (Å²) in [6.07, 6.45) is 0. The predicted octanol–water partition coefficient (Wildman–Crippen LogP) is 2.52. The number of aromatic amines is 2. The standard InChI is InChI=1S/C21H22N4O3S/c1-25(2)11-10-22-29(27,28)20-9-5-8-18-15(20)13-19(23-18)16-12-14-6-3-4-7-17(14)24-21(16)26/h3-9,12-13,22-23H,10-11H2,1-2H3,(H,24,26). The van der Waals surface area contributed by atoms with Gasteiger partial charge in [-0.3, -0.25) is 4.79 Å². The molecule has 0 aliphatic rings. The molecule has 8 heteroatoms. The molecule has 0 fully saturated rings. The van der Waals surface area contributed by atoms with E-state index in [2.05, 4.69) is 14.7 Å². The molecule has 4 aromatic rings. The molecule has 2 aromatic heterocycles. The molecule has 3 N–H and O–H groups in total. The summed E-state index contributed by atoms with van der Waals surface area (Å²) in [6.45, 7) is 0.910. The number of benzene rings is 2. The zero-order valence-electron chi connectivity index (χ0n) is 16.2. The molecule has 0 aliphatic heterocycles. The fourth-order valence-electron chi connectivity index (χ4n) is 3.34. The second kappa shape index (κ2) is 7.47. The summed E-state index contributed by atoms with van der Waals surface area (Å²) in [5, 5.41) is 1.45. The summed E-state index contributed by atoms with van der Waals surface area (Å²) in [5.41, 5.74) is 2.21. The molecule has 2 heterocycles. The Morgan fingerprint density at radius 3 is 2.52 bits per heavy atom. The van der Waals surface area contributed by atoms with E-state index in [1.165, 1.54) is 0 Å². The Morgan fingerprint density at radius 2 is 1.72 bits per heavy atom. The third-order valence-electron chi connectivity index (χ3n) is 4.81. The van der Waals surface area contributed by atoms with Crippen molar-refractivity contribution in [2.24, 2.45) is 0 Å². The van der Waals surface area contributed by atoms with Gasteiger partial charge in [-0.1, -0.05) is 24.3 Å². The number of pyridine rings is 1. The van der Waals surface area contributed by atoms with Crippen molar-refractivity contribution in [2.45, 2.75) is 4.90 Å². The fourth-order valence-corrected chi connectivity index (χ4v) is 4.57. The Hall–Kier alpha value is -2.94. The van der Waals surface area contributed by atoms with Crippen LogP contribution >= 0.6 is 0 Å². The molecular formula is C21H22N4O3S. The number of likely N-dealkylation sites (N-methyl/N-ethyl adjacent to an activating group) is 1. The molecule has 0 unspecified atom stereocenters. The van der Waals surface area contributed by atoms with Crippen LogP contribution in [0.5, 0.6) is 0 Å². The lowest BCUT2D eigenvalue weighted by molar-refractivity contribution is 0.412. The van der Waals surface area contributed by atoms with Crippen LogP contribution in [0.3, 0.4) is 0 Å². The van der Waals surface area contributed by atoms with E-state index in [0.717, 1.165) is 10.9 Å². The van der Waals surface area contributed by atoms with Gasteiger partial charge in [-0.15, -0.1) is 0 Å². The molecule has 0 radical (unpaired) electrons. The second-order valence-corrected chi connectivity index (χ2v) is 8.94. The predicted molar refractivity (Wildman–Crippen MR) is 116 cm³/mol. The third-order valence-corrected chi connectivity index (χ3v) is 6.33. The van der Waals surface area contributed by atoms with E-state index >= 15 is 0 Å². The van der Waals surface area contributed by atoms with Crippen LogP contribution in [0.2, 0.25) is 0 Å². The van der Waals surface area contributed by atoms with Crippen molar-refractivity contribution in [3.05, 3.63) is 65.0 Å². The average molecular weight is 410 g/mol.